The Bertz CT molecular complexity index is 981. The first-order valence-corrected chi connectivity index (χ1v) is 7.25. The number of rotatable bonds is 3. The number of pyridine rings is 2. The van der Waals surface area contributed by atoms with E-state index in [4.69, 9.17) is 0 Å². The number of aryl methyl sites for hydroxylation is 1. The maximum absolute atomic E-state index is 4.61. The van der Waals surface area contributed by atoms with E-state index >= 15 is 0 Å². The maximum Gasteiger partial charge on any atom is 0.227 e. The quantitative estimate of drug-likeness (QED) is 0.603. The first-order chi connectivity index (χ1) is 11.3. The molecule has 0 amide bonds. The molecule has 4 heterocycles. The molecule has 0 saturated carbocycles. The molecule has 0 radical (unpaired) electrons. The molecular formula is C17H16N6. The van der Waals surface area contributed by atoms with Crippen molar-refractivity contribution in [2.24, 2.45) is 0 Å². The van der Waals surface area contributed by atoms with Crippen LogP contribution in [0.4, 0.5) is 11.6 Å². The van der Waals surface area contributed by atoms with Crippen LogP contribution in [0.15, 0.2) is 55.1 Å². The maximum atomic E-state index is 4.61. The van der Waals surface area contributed by atoms with E-state index in [1.165, 1.54) is 0 Å². The van der Waals surface area contributed by atoms with Gasteiger partial charge in [0.2, 0.25) is 5.95 Å². The number of hydrogen-bond acceptors (Lipinski definition) is 5. The third-order valence-electron chi connectivity index (χ3n) is 3.54. The van der Waals surface area contributed by atoms with E-state index in [1.54, 1.807) is 18.6 Å². The fraction of sp³-hybridized carbons (Fsp3) is 0.0588. The lowest BCUT2D eigenvalue weighted by Crippen LogP contribution is -1.98. The summed E-state index contributed by atoms with van der Waals surface area (Å²) in [4.78, 5) is 20.5. The molecule has 0 aromatic carbocycles. The van der Waals surface area contributed by atoms with Crippen molar-refractivity contribution >= 4 is 22.7 Å². The van der Waals surface area contributed by atoms with Gasteiger partial charge >= 0.3 is 0 Å². The lowest BCUT2D eigenvalue weighted by atomic mass is 10.1. The Morgan fingerprint density at radius 2 is 1.87 bits per heavy atom. The third-order valence-corrected chi connectivity index (χ3v) is 3.54. The molecule has 0 atom stereocenters. The van der Waals surface area contributed by atoms with Crippen LogP contribution in [0.5, 0.6) is 0 Å². The van der Waals surface area contributed by atoms with Crippen LogP contribution >= 0.6 is 0 Å². The van der Waals surface area contributed by atoms with E-state index in [0.717, 1.165) is 33.7 Å². The van der Waals surface area contributed by atoms with Crippen molar-refractivity contribution in [2.45, 2.75) is 6.92 Å². The predicted octanol–water partition coefficient (Wildman–Crippen LogP) is 3.71. The molecule has 0 saturated heterocycles. The normalized spacial score (nSPS) is 10.8. The summed E-state index contributed by atoms with van der Waals surface area (Å²) in [5.74, 6) is 0.550. The molecule has 114 valence electrons. The van der Waals surface area contributed by atoms with Crippen LogP contribution in [0, 0.1) is 6.92 Å². The van der Waals surface area contributed by atoms with Crippen molar-refractivity contribution in [2.75, 3.05) is 5.32 Å². The van der Waals surface area contributed by atoms with Gasteiger partial charge in [-0.2, -0.15) is 0 Å². The lowest BCUT2D eigenvalue weighted by Gasteiger charge is -2.07. The number of hydrogen-bond donors (Lipinski definition) is 2. The van der Waals surface area contributed by atoms with Crippen molar-refractivity contribution in [3.05, 3.63) is 60.8 Å². The van der Waals surface area contributed by atoms with Crippen molar-refractivity contribution in [3.8, 4) is 11.3 Å². The van der Waals surface area contributed by atoms with Gasteiger partial charge in [-0.3, -0.25) is 4.98 Å². The lowest BCUT2D eigenvalue weighted by molar-refractivity contribution is 1.16. The molecule has 23 heavy (non-hydrogen) atoms. The Labute approximate surface area is 134 Å². The Kier molecular flexibility index (Phi) is 3.20. The molecule has 0 aliphatic carbocycles. The van der Waals surface area contributed by atoms with Gasteiger partial charge in [0.1, 0.15) is 5.65 Å². The molecule has 0 aliphatic rings. The van der Waals surface area contributed by atoms with Crippen LogP contribution in [-0.2, 0) is 0 Å². The average Bonchev–Trinajstić information content (AvgIpc) is 3.03. The van der Waals surface area contributed by atoms with Crippen molar-refractivity contribution in [3.63, 3.8) is 0 Å². The fourth-order valence-corrected chi connectivity index (χ4v) is 2.51. The molecule has 6 nitrogen and oxygen atoms in total. The summed E-state index contributed by atoms with van der Waals surface area (Å²) in [6.45, 7) is 1.95. The number of anilines is 2. The molecule has 4 aromatic rings. The van der Waals surface area contributed by atoms with Crippen molar-refractivity contribution in [1.29, 1.82) is 0 Å². The van der Waals surface area contributed by atoms with Gasteiger partial charge in [-0.25, -0.2) is 15.0 Å². The minimum atomic E-state index is 0. The van der Waals surface area contributed by atoms with E-state index in [1.807, 2.05) is 43.5 Å². The summed E-state index contributed by atoms with van der Waals surface area (Å²) in [5, 5.41) is 4.25. The van der Waals surface area contributed by atoms with Crippen molar-refractivity contribution in [1.82, 2.24) is 24.9 Å². The highest BCUT2D eigenvalue weighted by Crippen LogP contribution is 2.26. The topological polar surface area (TPSA) is 79.4 Å². The molecule has 6 heteroatoms. The Balaban J connectivity index is 0.00000169. The minimum absolute atomic E-state index is 0. The zero-order chi connectivity index (χ0) is 15.6. The molecule has 0 spiro atoms. The first kappa shape index (κ1) is 13.4. The second-order valence-corrected chi connectivity index (χ2v) is 5.17. The number of nitrogens with zero attached hydrogens (tertiary/aromatic N) is 4. The molecule has 4 aromatic heterocycles. The van der Waals surface area contributed by atoms with Gasteiger partial charge in [0.25, 0.3) is 0 Å². The SMILES string of the molecule is Cc1cc(Nc2nccc(-c3ccnc4[nH]ccc34)n2)ccn1.[HH]. The monoisotopic (exact) mass is 304 g/mol. The van der Waals surface area contributed by atoms with Gasteiger partial charge in [0.05, 0.1) is 5.69 Å². The fourth-order valence-electron chi connectivity index (χ4n) is 2.51. The highest BCUT2D eigenvalue weighted by Gasteiger charge is 2.08. The van der Waals surface area contributed by atoms with Crippen LogP contribution in [0.25, 0.3) is 22.3 Å². The predicted molar refractivity (Wildman–Crippen MR) is 91.5 cm³/mol. The third kappa shape index (κ3) is 2.62. The van der Waals surface area contributed by atoms with E-state index in [9.17, 15) is 0 Å². The van der Waals surface area contributed by atoms with Crippen LogP contribution in [-0.4, -0.2) is 24.9 Å². The largest absolute Gasteiger partial charge is 0.346 e. The van der Waals surface area contributed by atoms with E-state index < -0.39 is 0 Å². The molecule has 0 aliphatic heterocycles. The van der Waals surface area contributed by atoms with Crippen LogP contribution in [0.3, 0.4) is 0 Å². The Hall–Kier alpha value is -3.28. The summed E-state index contributed by atoms with van der Waals surface area (Å²) in [6, 6.07) is 9.69. The van der Waals surface area contributed by atoms with Gasteiger partial charge in [-0.15, -0.1) is 0 Å². The molecule has 0 bridgehead atoms. The molecule has 4 rings (SSSR count). The molecule has 0 unspecified atom stereocenters. The van der Waals surface area contributed by atoms with E-state index in [2.05, 4.69) is 30.2 Å². The van der Waals surface area contributed by atoms with Gasteiger partial charge in [0.15, 0.2) is 0 Å². The number of nitrogens with one attached hydrogen (secondary N) is 2. The van der Waals surface area contributed by atoms with Gasteiger partial charge < -0.3 is 10.3 Å². The van der Waals surface area contributed by atoms with Crippen LogP contribution in [0.2, 0.25) is 0 Å². The highest BCUT2D eigenvalue weighted by atomic mass is 15.1. The van der Waals surface area contributed by atoms with Gasteiger partial charge in [-0.05, 0) is 37.3 Å². The van der Waals surface area contributed by atoms with Crippen LogP contribution < -0.4 is 5.32 Å². The summed E-state index contributed by atoms with van der Waals surface area (Å²) in [5.41, 5.74) is 4.57. The summed E-state index contributed by atoms with van der Waals surface area (Å²) in [6.07, 6.45) is 7.15. The minimum Gasteiger partial charge on any atom is -0.346 e. The molecule has 0 fully saturated rings. The van der Waals surface area contributed by atoms with Crippen LogP contribution in [0.1, 0.15) is 7.12 Å². The Morgan fingerprint density at radius 3 is 2.78 bits per heavy atom. The first-order valence-electron chi connectivity index (χ1n) is 7.25. The Morgan fingerprint density at radius 1 is 1.00 bits per heavy atom. The second-order valence-electron chi connectivity index (χ2n) is 5.17. The second kappa shape index (κ2) is 5.49. The van der Waals surface area contributed by atoms with E-state index in [-0.39, 0.29) is 1.43 Å². The number of fused-ring (bicyclic) bond motifs is 1. The van der Waals surface area contributed by atoms with Crippen molar-refractivity contribution < 1.29 is 1.43 Å². The molecular weight excluding hydrogens is 288 g/mol. The average molecular weight is 304 g/mol. The van der Waals surface area contributed by atoms with Gasteiger partial charge in [0, 0.05) is 48.5 Å². The smallest absolute Gasteiger partial charge is 0.227 e. The number of H-pyrrole nitrogens is 1. The zero-order valence-corrected chi connectivity index (χ0v) is 12.5. The summed E-state index contributed by atoms with van der Waals surface area (Å²) < 4.78 is 0. The zero-order valence-electron chi connectivity index (χ0n) is 12.5. The standard InChI is InChI=1S/C17H14N6.H2/c1-11-10-12(2-6-18-11)22-17-21-9-5-15(23-17)13-3-7-19-16-14(13)4-8-20-16;/h2-10H,1H3,(H,19,20)(H,18,21,22,23);1H. The summed E-state index contributed by atoms with van der Waals surface area (Å²) in [7, 11) is 0. The molecule has 2 N–H and O–H groups in total. The van der Waals surface area contributed by atoms with E-state index in [0.29, 0.717) is 5.95 Å². The number of aromatic nitrogens is 5. The summed E-state index contributed by atoms with van der Waals surface area (Å²) >= 11 is 0. The highest BCUT2D eigenvalue weighted by molar-refractivity contribution is 5.91. The number of aromatic amines is 1. The van der Waals surface area contributed by atoms with Gasteiger partial charge in [-0.1, -0.05) is 0 Å².